The number of aryl methyl sites for hydroxylation is 1. The van der Waals surface area contributed by atoms with E-state index in [1.807, 2.05) is 31.2 Å². The zero-order chi connectivity index (χ0) is 15.2. The van der Waals surface area contributed by atoms with E-state index in [-0.39, 0.29) is 12.5 Å². The maximum Gasteiger partial charge on any atom is 0.258 e. The maximum atomic E-state index is 11.8. The van der Waals surface area contributed by atoms with Gasteiger partial charge >= 0.3 is 0 Å². The largest absolute Gasteiger partial charge is 0.484 e. The van der Waals surface area contributed by atoms with Crippen molar-refractivity contribution < 1.29 is 9.53 Å². The molecule has 1 N–H and O–H groups in total. The van der Waals surface area contributed by atoms with Gasteiger partial charge in [-0.15, -0.1) is 0 Å². The Balaban J connectivity index is 1.84. The summed E-state index contributed by atoms with van der Waals surface area (Å²) in [5.74, 6) is 0.271. The number of halogens is 2. The topological polar surface area (TPSA) is 38.3 Å². The smallest absolute Gasteiger partial charge is 0.258 e. The van der Waals surface area contributed by atoms with Crippen LogP contribution in [0.3, 0.4) is 0 Å². The minimum atomic E-state index is -0.200. The van der Waals surface area contributed by atoms with E-state index in [0.717, 1.165) is 11.1 Å². The van der Waals surface area contributed by atoms with Crippen molar-refractivity contribution >= 4 is 29.1 Å². The molecule has 1 amide bonds. The second-order valence-electron chi connectivity index (χ2n) is 4.60. The molecule has 2 rings (SSSR count). The molecule has 0 atom stereocenters. The Kier molecular flexibility index (Phi) is 5.48. The third-order valence-electron chi connectivity index (χ3n) is 2.94. The van der Waals surface area contributed by atoms with Gasteiger partial charge in [0.15, 0.2) is 6.61 Å². The van der Waals surface area contributed by atoms with Crippen molar-refractivity contribution in [2.24, 2.45) is 0 Å². The van der Waals surface area contributed by atoms with Gasteiger partial charge in [-0.2, -0.15) is 0 Å². The summed E-state index contributed by atoms with van der Waals surface area (Å²) in [6.45, 7) is 2.40. The molecule has 0 saturated heterocycles. The van der Waals surface area contributed by atoms with E-state index in [1.54, 1.807) is 18.2 Å². The van der Waals surface area contributed by atoms with Gasteiger partial charge in [0.25, 0.3) is 5.91 Å². The molecule has 0 aliphatic carbocycles. The van der Waals surface area contributed by atoms with E-state index in [9.17, 15) is 4.79 Å². The summed E-state index contributed by atoms with van der Waals surface area (Å²) in [5, 5.41) is 3.75. The molecule has 5 heteroatoms. The van der Waals surface area contributed by atoms with Crippen molar-refractivity contribution in [3.05, 3.63) is 63.6 Å². The van der Waals surface area contributed by atoms with Gasteiger partial charge in [0.05, 0.1) is 0 Å². The first-order chi connectivity index (χ1) is 10.0. The number of hydrogen-bond donors (Lipinski definition) is 1. The molecule has 0 saturated carbocycles. The van der Waals surface area contributed by atoms with Crippen LogP contribution in [0.1, 0.15) is 11.1 Å². The van der Waals surface area contributed by atoms with Gasteiger partial charge in [-0.25, -0.2) is 0 Å². The van der Waals surface area contributed by atoms with Crippen LogP contribution >= 0.6 is 23.2 Å². The van der Waals surface area contributed by atoms with Crippen LogP contribution < -0.4 is 10.1 Å². The number of amides is 1. The van der Waals surface area contributed by atoms with Crippen molar-refractivity contribution in [1.29, 1.82) is 0 Å². The summed E-state index contributed by atoms with van der Waals surface area (Å²) in [4.78, 5) is 11.8. The maximum absolute atomic E-state index is 11.8. The Morgan fingerprint density at radius 1 is 1.14 bits per heavy atom. The summed E-state index contributed by atoms with van der Waals surface area (Å²) >= 11 is 11.7. The third-order valence-corrected chi connectivity index (χ3v) is 3.38. The molecule has 0 bridgehead atoms. The monoisotopic (exact) mass is 323 g/mol. The summed E-state index contributed by atoms with van der Waals surface area (Å²) in [6.07, 6.45) is 0. The molecule has 0 aliphatic heterocycles. The third kappa shape index (κ3) is 4.96. The van der Waals surface area contributed by atoms with Crippen LogP contribution in [0, 0.1) is 6.92 Å². The Bertz CT molecular complexity index is 624. The number of hydrogen-bond acceptors (Lipinski definition) is 2. The van der Waals surface area contributed by atoms with Gasteiger partial charge in [-0.05, 0) is 36.2 Å². The van der Waals surface area contributed by atoms with Crippen molar-refractivity contribution in [3.63, 3.8) is 0 Å². The standard InChI is InChI=1S/C16H15Cl2NO2/c1-11-4-2-3-5-12(11)9-19-16(20)10-21-15-7-13(17)6-14(18)8-15/h2-8H,9-10H2,1H3,(H,19,20). The summed E-state index contributed by atoms with van der Waals surface area (Å²) in [6, 6.07) is 12.7. The van der Waals surface area contributed by atoms with Crippen LogP contribution in [0.4, 0.5) is 0 Å². The van der Waals surface area contributed by atoms with E-state index >= 15 is 0 Å². The minimum absolute atomic E-state index is 0.0808. The lowest BCUT2D eigenvalue weighted by Crippen LogP contribution is -2.28. The minimum Gasteiger partial charge on any atom is -0.484 e. The summed E-state index contributed by atoms with van der Waals surface area (Å²) in [7, 11) is 0. The van der Waals surface area contributed by atoms with E-state index < -0.39 is 0 Å². The van der Waals surface area contributed by atoms with Crippen LogP contribution in [0.2, 0.25) is 10.0 Å². The van der Waals surface area contributed by atoms with Crippen LogP contribution in [-0.2, 0) is 11.3 Å². The van der Waals surface area contributed by atoms with Gasteiger partial charge in [0, 0.05) is 16.6 Å². The van der Waals surface area contributed by atoms with Gasteiger partial charge in [-0.1, -0.05) is 47.5 Å². The van der Waals surface area contributed by atoms with Crippen LogP contribution in [0.25, 0.3) is 0 Å². The number of rotatable bonds is 5. The average molecular weight is 324 g/mol. The first-order valence-corrected chi connectivity index (χ1v) is 7.20. The van der Waals surface area contributed by atoms with Crippen molar-refractivity contribution in [1.82, 2.24) is 5.32 Å². The average Bonchev–Trinajstić information content (AvgIpc) is 2.43. The highest BCUT2D eigenvalue weighted by Gasteiger charge is 2.05. The summed E-state index contributed by atoms with van der Waals surface area (Å²) < 4.78 is 5.37. The number of carbonyl (C=O) groups excluding carboxylic acids is 1. The fourth-order valence-electron chi connectivity index (χ4n) is 1.81. The number of nitrogens with one attached hydrogen (secondary N) is 1. The molecular formula is C16H15Cl2NO2. The SMILES string of the molecule is Cc1ccccc1CNC(=O)COc1cc(Cl)cc(Cl)c1. The zero-order valence-electron chi connectivity index (χ0n) is 11.5. The number of benzene rings is 2. The summed E-state index contributed by atoms with van der Waals surface area (Å²) in [5.41, 5.74) is 2.22. The molecule has 0 unspecified atom stereocenters. The zero-order valence-corrected chi connectivity index (χ0v) is 13.0. The lowest BCUT2D eigenvalue weighted by molar-refractivity contribution is -0.123. The van der Waals surface area contributed by atoms with E-state index in [2.05, 4.69) is 5.32 Å². The van der Waals surface area contributed by atoms with E-state index in [1.165, 1.54) is 0 Å². The molecule has 110 valence electrons. The molecular weight excluding hydrogens is 309 g/mol. The highest BCUT2D eigenvalue weighted by Crippen LogP contribution is 2.24. The first-order valence-electron chi connectivity index (χ1n) is 6.44. The molecule has 3 nitrogen and oxygen atoms in total. The molecule has 0 radical (unpaired) electrons. The molecule has 21 heavy (non-hydrogen) atoms. The fraction of sp³-hybridized carbons (Fsp3) is 0.188. The molecule has 2 aromatic carbocycles. The Hall–Kier alpha value is -1.71. The van der Waals surface area contributed by atoms with Gasteiger partial charge in [0.1, 0.15) is 5.75 Å². The van der Waals surface area contributed by atoms with Crippen LogP contribution in [0.15, 0.2) is 42.5 Å². The number of ether oxygens (including phenoxy) is 1. The van der Waals surface area contributed by atoms with Crippen LogP contribution in [0.5, 0.6) is 5.75 Å². The normalized spacial score (nSPS) is 10.2. The Labute approximate surface area is 133 Å². The van der Waals surface area contributed by atoms with Crippen LogP contribution in [-0.4, -0.2) is 12.5 Å². The van der Waals surface area contributed by atoms with Gasteiger partial charge in [-0.3, -0.25) is 4.79 Å². The Morgan fingerprint density at radius 2 is 1.81 bits per heavy atom. The highest BCUT2D eigenvalue weighted by atomic mass is 35.5. The van der Waals surface area contributed by atoms with Gasteiger partial charge < -0.3 is 10.1 Å². The van der Waals surface area contributed by atoms with E-state index in [0.29, 0.717) is 22.3 Å². The quantitative estimate of drug-likeness (QED) is 0.903. The molecule has 0 fully saturated rings. The lowest BCUT2D eigenvalue weighted by Gasteiger charge is -2.09. The predicted octanol–water partition coefficient (Wildman–Crippen LogP) is 4.00. The molecule has 0 spiro atoms. The second-order valence-corrected chi connectivity index (χ2v) is 5.47. The molecule has 0 heterocycles. The fourth-order valence-corrected chi connectivity index (χ4v) is 2.32. The molecule has 2 aromatic rings. The van der Waals surface area contributed by atoms with Crippen molar-refractivity contribution in [2.75, 3.05) is 6.61 Å². The molecule has 0 aromatic heterocycles. The van der Waals surface area contributed by atoms with Gasteiger partial charge in [0.2, 0.25) is 0 Å². The predicted molar refractivity (Wildman–Crippen MR) is 85.0 cm³/mol. The number of carbonyl (C=O) groups is 1. The van der Waals surface area contributed by atoms with E-state index in [4.69, 9.17) is 27.9 Å². The Morgan fingerprint density at radius 3 is 2.48 bits per heavy atom. The second kappa shape index (κ2) is 7.34. The van der Waals surface area contributed by atoms with Crippen molar-refractivity contribution in [2.45, 2.75) is 13.5 Å². The lowest BCUT2D eigenvalue weighted by atomic mass is 10.1. The van der Waals surface area contributed by atoms with Crippen molar-refractivity contribution in [3.8, 4) is 5.75 Å². The highest BCUT2D eigenvalue weighted by molar-refractivity contribution is 6.34. The molecule has 0 aliphatic rings. The first kappa shape index (κ1) is 15.7.